The second-order valence-corrected chi connectivity index (χ2v) is 4.46. The summed E-state index contributed by atoms with van der Waals surface area (Å²) in [6.45, 7) is 0. The molecular weight excluding hydrogens is 200 g/mol. The zero-order valence-electron chi connectivity index (χ0n) is 9.07. The normalized spacial score (nSPS) is 18.1. The van der Waals surface area contributed by atoms with Crippen LogP contribution in [-0.2, 0) is 4.79 Å². The minimum Gasteiger partial charge on any atom is -0.346 e. The van der Waals surface area contributed by atoms with Gasteiger partial charge in [-0.15, -0.1) is 0 Å². The Hall–Kier alpha value is -1.64. The van der Waals surface area contributed by atoms with E-state index in [1.807, 2.05) is 6.07 Å². The summed E-state index contributed by atoms with van der Waals surface area (Å²) in [5.41, 5.74) is 2.28. The predicted molar refractivity (Wildman–Crippen MR) is 62.3 cm³/mol. The van der Waals surface area contributed by atoms with Gasteiger partial charge in [-0.2, -0.15) is 0 Å². The predicted octanol–water partition coefficient (Wildman–Crippen LogP) is 2.79. The van der Waals surface area contributed by atoms with Gasteiger partial charge in [0.2, 0.25) is 0 Å². The Morgan fingerprint density at radius 1 is 1.31 bits per heavy atom. The van der Waals surface area contributed by atoms with Crippen molar-refractivity contribution in [2.24, 2.45) is 0 Å². The van der Waals surface area contributed by atoms with Gasteiger partial charge >= 0.3 is 0 Å². The number of aromatic nitrogens is 2. The molecular formula is C13H14N2O. The summed E-state index contributed by atoms with van der Waals surface area (Å²) in [6.07, 6.45) is 7.29. The number of carbonyl (C=O) groups excluding carboxylic acids is 1. The van der Waals surface area contributed by atoms with Crippen LogP contribution < -0.4 is 0 Å². The number of rotatable bonds is 1. The number of hydrogen-bond acceptors (Lipinski definition) is 2. The van der Waals surface area contributed by atoms with Crippen molar-refractivity contribution in [1.29, 1.82) is 0 Å². The summed E-state index contributed by atoms with van der Waals surface area (Å²) in [6, 6.07) is 4.07. The van der Waals surface area contributed by atoms with E-state index in [2.05, 4.69) is 22.2 Å². The first-order valence-electron chi connectivity index (χ1n) is 5.78. The summed E-state index contributed by atoms with van der Waals surface area (Å²) in [5, 5.41) is 1.21. The molecule has 0 bridgehead atoms. The molecule has 0 spiro atoms. The number of H-pyrrole nitrogens is 1. The average Bonchev–Trinajstić information content (AvgIpc) is 2.74. The minimum atomic E-state index is 0.411. The monoisotopic (exact) mass is 214 g/mol. The molecule has 2 heterocycles. The van der Waals surface area contributed by atoms with Crippen molar-refractivity contribution in [2.45, 2.75) is 31.6 Å². The molecule has 1 N–H and O–H groups in total. The zero-order valence-corrected chi connectivity index (χ0v) is 9.07. The first-order valence-corrected chi connectivity index (χ1v) is 5.78. The number of Topliss-reactive ketones (excluding diaryl/α,β-unsaturated/α-hetero) is 1. The maximum atomic E-state index is 11.2. The fourth-order valence-electron chi connectivity index (χ4n) is 2.57. The number of nitrogens with zero attached hydrogens (tertiary/aromatic N) is 1. The van der Waals surface area contributed by atoms with Gasteiger partial charge in [-0.3, -0.25) is 4.79 Å². The van der Waals surface area contributed by atoms with E-state index in [9.17, 15) is 4.79 Å². The van der Waals surface area contributed by atoms with E-state index in [1.54, 1.807) is 6.20 Å². The highest BCUT2D eigenvalue weighted by molar-refractivity contribution is 5.82. The second-order valence-electron chi connectivity index (χ2n) is 4.46. The molecule has 2 aromatic heterocycles. The first-order chi connectivity index (χ1) is 7.84. The molecule has 2 aromatic rings. The third kappa shape index (κ3) is 1.52. The Morgan fingerprint density at radius 3 is 2.94 bits per heavy atom. The molecule has 1 aliphatic rings. The Labute approximate surface area is 93.9 Å². The molecule has 0 amide bonds. The summed E-state index contributed by atoms with van der Waals surface area (Å²) in [5.74, 6) is 0.935. The fraction of sp³-hybridized carbons (Fsp3) is 0.385. The van der Waals surface area contributed by atoms with Gasteiger partial charge in [-0.05, 0) is 36.5 Å². The molecule has 16 heavy (non-hydrogen) atoms. The lowest BCUT2D eigenvalue weighted by molar-refractivity contribution is -0.120. The lowest BCUT2D eigenvalue weighted by atomic mass is 9.83. The quantitative estimate of drug-likeness (QED) is 0.793. The van der Waals surface area contributed by atoms with E-state index >= 15 is 0 Å². The maximum absolute atomic E-state index is 11.2. The summed E-state index contributed by atoms with van der Waals surface area (Å²) in [4.78, 5) is 18.7. The Balaban J connectivity index is 1.97. The van der Waals surface area contributed by atoms with Crippen molar-refractivity contribution >= 4 is 16.8 Å². The Morgan fingerprint density at radius 2 is 2.12 bits per heavy atom. The number of nitrogens with one attached hydrogen (secondary N) is 1. The molecule has 1 saturated carbocycles. The third-order valence-corrected chi connectivity index (χ3v) is 3.47. The van der Waals surface area contributed by atoms with Crippen LogP contribution in [0.15, 0.2) is 24.5 Å². The van der Waals surface area contributed by atoms with Gasteiger partial charge < -0.3 is 4.98 Å². The molecule has 0 aromatic carbocycles. The van der Waals surface area contributed by atoms with Crippen LogP contribution in [-0.4, -0.2) is 15.8 Å². The topological polar surface area (TPSA) is 45.8 Å². The standard InChI is InChI=1S/C13H14N2O/c16-10-5-3-9(4-6-10)12-8-15-13-11(12)2-1-7-14-13/h1-2,7-9H,3-6H2,(H,14,15). The number of carbonyl (C=O) groups is 1. The maximum Gasteiger partial charge on any atom is 0.137 e. The van der Waals surface area contributed by atoms with E-state index in [-0.39, 0.29) is 0 Å². The van der Waals surface area contributed by atoms with E-state index < -0.39 is 0 Å². The lowest BCUT2D eigenvalue weighted by Crippen LogP contribution is -2.11. The van der Waals surface area contributed by atoms with Gasteiger partial charge in [0.15, 0.2) is 0 Å². The first kappa shape index (κ1) is 9.58. The van der Waals surface area contributed by atoms with Crippen LogP contribution >= 0.6 is 0 Å². The van der Waals surface area contributed by atoms with Gasteiger partial charge in [0.05, 0.1) is 0 Å². The van der Waals surface area contributed by atoms with Crippen molar-refractivity contribution in [3.8, 4) is 0 Å². The van der Waals surface area contributed by atoms with Crippen LogP contribution in [0.2, 0.25) is 0 Å². The number of aromatic amines is 1. The van der Waals surface area contributed by atoms with Gasteiger partial charge in [-0.25, -0.2) is 4.98 Å². The molecule has 1 fully saturated rings. The molecule has 0 aliphatic heterocycles. The van der Waals surface area contributed by atoms with Crippen LogP contribution in [0.1, 0.15) is 37.2 Å². The van der Waals surface area contributed by atoms with Crippen LogP contribution in [0.5, 0.6) is 0 Å². The van der Waals surface area contributed by atoms with Gasteiger partial charge in [0.1, 0.15) is 11.4 Å². The van der Waals surface area contributed by atoms with Crippen molar-refractivity contribution < 1.29 is 4.79 Å². The van der Waals surface area contributed by atoms with Gasteiger partial charge in [0, 0.05) is 30.6 Å². The van der Waals surface area contributed by atoms with Crippen LogP contribution in [0.4, 0.5) is 0 Å². The fourth-order valence-corrected chi connectivity index (χ4v) is 2.57. The second kappa shape index (κ2) is 3.74. The highest BCUT2D eigenvalue weighted by atomic mass is 16.1. The van der Waals surface area contributed by atoms with E-state index in [1.165, 1.54) is 10.9 Å². The number of hydrogen-bond donors (Lipinski definition) is 1. The Kier molecular flexibility index (Phi) is 2.24. The van der Waals surface area contributed by atoms with Crippen molar-refractivity contribution in [1.82, 2.24) is 9.97 Å². The molecule has 3 nitrogen and oxygen atoms in total. The molecule has 0 atom stereocenters. The van der Waals surface area contributed by atoms with E-state index in [0.29, 0.717) is 11.7 Å². The molecule has 0 unspecified atom stereocenters. The summed E-state index contributed by atoms with van der Waals surface area (Å²) in [7, 11) is 0. The van der Waals surface area contributed by atoms with Gasteiger partial charge in [-0.1, -0.05) is 0 Å². The molecule has 3 heteroatoms. The van der Waals surface area contributed by atoms with Crippen molar-refractivity contribution in [2.75, 3.05) is 0 Å². The van der Waals surface area contributed by atoms with Crippen LogP contribution in [0, 0.1) is 0 Å². The minimum absolute atomic E-state index is 0.411. The molecule has 3 rings (SSSR count). The smallest absolute Gasteiger partial charge is 0.137 e. The summed E-state index contributed by atoms with van der Waals surface area (Å²) < 4.78 is 0. The van der Waals surface area contributed by atoms with Crippen LogP contribution in [0.25, 0.3) is 11.0 Å². The number of fused-ring (bicyclic) bond motifs is 1. The molecule has 0 saturated heterocycles. The Bertz CT molecular complexity index is 519. The van der Waals surface area contributed by atoms with E-state index in [0.717, 1.165) is 31.3 Å². The molecule has 82 valence electrons. The van der Waals surface area contributed by atoms with E-state index in [4.69, 9.17) is 0 Å². The number of ketones is 1. The van der Waals surface area contributed by atoms with Gasteiger partial charge in [0.25, 0.3) is 0 Å². The van der Waals surface area contributed by atoms with Crippen molar-refractivity contribution in [3.63, 3.8) is 0 Å². The SMILES string of the molecule is O=C1CCC(c2c[nH]c3ncccc23)CC1. The summed E-state index contributed by atoms with van der Waals surface area (Å²) >= 11 is 0. The largest absolute Gasteiger partial charge is 0.346 e. The average molecular weight is 214 g/mol. The lowest BCUT2D eigenvalue weighted by Gasteiger charge is -2.20. The third-order valence-electron chi connectivity index (χ3n) is 3.47. The zero-order chi connectivity index (χ0) is 11.0. The molecule has 1 aliphatic carbocycles. The highest BCUT2D eigenvalue weighted by Gasteiger charge is 2.22. The highest BCUT2D eigenvalue weighted by Crippen LogP contribution is 2.34. The number of pyridine rings is 1. The molecule has 0 radical (unpaired) electrons. The van der Waals surface area contributed by atoms with Crippen LogP contribution in [0.3, 0.4) is 0 Å². The van der Waals surface area contributed by atoms with Crippen molar-refractivity contribution in [3.05, 3.63) is 30.1 Å².